The van der Waals surface area contributed by atoms with E-state index in [1.165, 1.54) is 6.92 Å². The van der Waals surface area contributed by atoms with Gasteiger partial charge < -0.3 is 11.1 Å². The Bertz CT molecular complexity index is 206. The minimum atomic E-state index is -2.57. The van der Waals surface area contributed by atoms with Crippen molar-refractivity contribution in [2.75, 3.05) is 6.54 Å². The number of rotatable bonds is 6. The molecule has 1 unspecified atom stereocenters. The maximum atomic E-state index is 12.3. The molecule has 0 heterocycles. The topological polar surface area (TPSA) is 55.1 Å². The summed E-state index contributed by atoms with van der Waals surface area (Å²) in [5.41, 5.74) is 3.82. The Morgan fingerprint density at radius 1 is 1.47 bits per heavy atom. The zero-order valence-corrected chi connectivity index (χ0v) is 9.52. The van der Waals surface area contributed by atoms with Crippen molar-refractivity contribution in [1.82, 2.24) is 5.32 Å². The molecule has 3 nitrogen and oxygen atoms in total. The van der Waals surface area contributed by atoms with Gasteiger partial charge in [0.25, 0.3) is 6.43 Å². The summed E-state index contributed by atoms with van der Waals surface area (Å²) in [6, 6.07) is 0. The van der Waals surface area contributed by atoms with Gasteiger partial charge in [-0.1, -0.05) is 13.8 Å². The van der Waals surface area contributed by atoms with Crippen molar-refractivity contribution in [3.8, 4) is 0 Å². The zero-order valence-electron chi connectivity index (χ0n) is 9.52. The summed E-state index contributed by atoms with van der Waals surface area (Å²) < 4.78 is 24.6. The fourth-order valence-electron chi connectivity index (χ4n) is 1.02. The molecule has 0 aliphatic carbocycles. The van der Waals surface area contributed by atoms with Crippen LogP contribution in [0, 0.1) is 5.92 Å². The molecule has 0 aromatic carbocycles. The van der Waals surface area contributed by atoms with Crippen LogP contribution in [-0.4, -0.2) is 24.4 Å². The molecule has 0 bridgehead atoms. The number of alkyl halides is 2. The molecule has 0 aliphatic rings. The molecule has 1 atom stereocenters. The third kappa shape index (κ3) is 6.38. The molecule has 0 rings (SSSR count). The average Bonchev–Trinajstić information content (AvgIpc) is 2.01. The van der Waals surface area contributed by atoms with Gasteiger partial charge in [-0.3, -0.25) is 4.79 Å². The lowest BCUT2D eigenvalue weighted by molar-refractivity contribution is -0.121. The molecule has 0 aromatic rings. The molecular formula is C10H20F2N2O. The summed E-state index contributed by atoms with van der Waals surface area (Å²) in [6.07, 6.45) is -2.08. The minimum absolute atomic E-state index is 0.0779. The van der Waals surface area contributed by atoms with E-state index in [2.05, 4.69) is 5.32 Å². The lowest BCUT2D eigenvalue weighted by Crippen LogP contribution is -2.46. The molecule has 0 saturated carbocycles. The van der Waals surface area contributed by atoms with Crippen LogP contribution < -0.4 is 11.1 Å². The van der Waals surface area contributed by atoms with Gasteiger partial charge >= 0.3 is 0 Å². The first kappa shape index (κ1) is 14.3. The number of nitrogens with two attached hydrogens (primary N) is 1. The fourth-order valence-corrected chi connectivity index (χ4v) is 1.02. The van der Waals surface area contributed by atoms with Crippen molar-refractivity contribution < 1.29 is 13.6 Å². The first-order valence-electron chi connectivity index (χ1n) is 5.09. The summed E-state index contributed by atoms with van der Waals surface area (Å²) in [5.74, 6) is 0.152. The van der Waals surface area contributed by atoms with Crippen molar-refractivity contribution >= 4 is 5.91 Å². The van der Waals surface area contributed by atoms with E-state index in [-0.39, 0.29) is 24.8 Å². The Morgan fingerprint density at radius 2 is 2.00 bits per heavy atom. The minimum Gasteiger partial charge on any atom is -0.356 e. The largest absolute Gasteiger partial charge is 0.356 e. The van der Waals surface area contributed by atoms with E-state index in [0.29, 0.717) is 6.42 Å². The van der Waals surface area contributed by atoms with Crippen LogP contribution in [0.15, 0.2) is 0 Å². The standard InChI is InChI=1S/C10H20F2N2O/c1-7(2)6-8(15)14-5-4-10(3,13)9(11)12/h7,9H,4-6,13H2,1-3H3,(H,14,15). The van der Waals surface area contributed by atoms with Crippen molar-refractivity contribution in [3.63, 3.8) is 0 Å². The lowest BCUT2D eigenvalue weighted by atomic mass is 10.0. The highest BCUT2D eigenvalue weighted by Gasteiger charge is 2.29. The van der Waals surface area contributed by atoms with Crippen molar-refractivity contribution in [2.24, 2.45) is 11.7 Å². The van der Waals surface area contributed by atoms with Gasteiger partial charge in [0.1, 0.15) is 0 Å². The van der Waals surface area contributed by atoms with E-state index in [4.69, 9.17) is 5.73 Å². The van der Waals surface area contributed by atoms with Gasteiger partial charge in [0.2, 0.25) is 5.91 Å². The first-order chi connectivity index (χ1) is 6.75. The van der Waals surface area contributed by atoms with Crippen molar-refractivity contribution in [2.45, 2.75) is 45.6 Å². The quantitative estimate of drug-likeness (QED) is 0.716. The summed E-state index contributed by atoms with van der Waals surface area (Å²) in [5, 5.41) is 2.57. The predicted octanol–water partition coefficient (Wildman–Crippen LogP) is 1.52. The molecule has 90 valence electrons. The number of halogens is 2. The summed E-state index contributed by atoms with van der Waals surface area (Å²) in [6.45, 7) is 5.33. The highest BCUT2D eigenvalue weighted by atomic mass is 19.3. The van der Waals surface area contributed by atoms with Gasteiger partial charge in [-0.2, -0.15) is 0 Å². The van der Waals surface area contributed by atoms with E-state index in [1.54, 1.807) is 0 Å². The SMILES string of the molecule is CC(C)CC(=O)NCCC(C)(N)C(F)F. The second-order valence-electron chi connectivity index (χ2n) is 4.50. The summed E-state index contributed by atoms with van der Waals surface area (Å²) in [7, 11) is 0. The van der Waals surface area contributed by atoms with Crippen molar-refractivity contribution in [1.29, 1.82) is 0 Å². The molecular weight excluding hydrogens is 202 g/mol. The molecule has 0 saturated heterocycles. The molecule has 0 aliphatic heterocycles. The third-order valence-electron chi connectivity index (χ3n) is 2.08. The van der Waals surface area contributed by atoms with Crippen LogP contribution in [0.5, 0.6) is 0 Å². The third-order valence-corrected chi connectivity index (χ3v) is 2.08. The smallest absolute Gasteiger partial charge is 0.256 e. The molecule has 0 spiro atoms. The van der Waals surface area contributed by atoms with Crippen LogP contribution in [0.3, 0.4) is 0 Å². The maximum Gasteiger partial charge on any atom is 0.256 e. The second kappa shape index (κ2) is 6.00. The normalized spacial score (nSPS) is 15.5. The van der Waals surface area contributed by atoms with Crippen LogP contribution in [0.4, 0.5) is 8.78 Å². The lowest BCUT2D eigenvalue weighted by Gasteiger charge is -2.23. The maximum absolute atomic E-state index is 12.3. The Balaban J connectivity index is 3.75. The first-order valence-corrected chi connectivity index (χ1v) is 5.09. The van der Waals surface area contributed by atoms with Crippen LogP contribution in [-0.2, 0) is 4.79 Å². The van der Waals surface area contributed by atoms with E-state index < -0.39 is 12.0 Å². The Labute approximate surface area is 89.4 Å². The van der Waals surface area contributed by atoms with Crippen LogP contribution in [0.25, 0.3) is 0 Å². The molecule has 1 amide bonds. The molecule has 0 aromatic heterocycles. The number of carbonyl (C=O) groups excluding carboxylic acids is 1. The Kier molecular flexibility index (Phi) is 5.72. The Hall–Kier alpha value is -0.710. The number of carbonyl (C=O) groups is 1. The van der Waals surface area contributed by atoms with E-state index in [0.717, 1.165) is 0 Å². The van der Waals surface area contributed by atoms with Gasteiger partial charge in [0.05, 0.1) is 5.54 Å². The monoisotopic (exact) mass is 222 g/mol. The second-order valence-corrected chi connectivity index (χ2v) is 4.50. The number of hydrogen-bond acceptors (Lipinski definition) is 2. The van der Waals surface area contributed by atoms with E-state index in [9.17, 15) is 13.6 Å². The fraction of sp³-hybridized carbons (Fsp3) is 0.900. The molecule has 0 fully saturated rings. The number of nitrogens with one attached hydrogen (secondary N) is 1. The van der Waals surface area contributed by atoms with Gasteiger partial charge in [-0.25, -0.2) is 8.78 Å². The highest BCUT2D eigenvalue weighted by molar-refractivity contribution is 5.75. The molecule has 5 heteroatoms. The average molecular weight is 222 g/mol. The summed E-state index contributed by atoms with van der Waals surface area (Å²) in [4.78, 5) is 11.2. The molecule has 3 N–H and O–H groups in total. The highest BCUT2D eigenvalue weighted by Crippen LogP contribution is 2.15. The van der Waals surface area contributed by atoms with Crippen LogP contribution >= 0.6 is 0 Å². The van der Waals surface area contributed by atoms with E-state index >= 15 is 0 Å². The zero-order chi connectivity index (χ0) is 12.1. The number of hydrogen-bond donors (Lipinski definition) is 2. The Morgan fingerprint density at radius 3 is 2.40 bits per heavy atom. The van der Waals surface area contributed by atoms with E-state index in [1.807, 2.05) is 13.8 Å². The van der Waals surface area contributed by atoms with Crippen LogP contribution in [0.2, 0.25) is 0 Å². The summed E-state index contributed by atoms with van der Waals surface area (Å²) >= 11 is 0. The van der Waals surface area contributed by atoms with Gasteiger partial charge in [-0.05, 0) is 19.3 Å². The van der Waals surface area contributed by atoms with Gasteiger partial charge in [0, 0.05) is 13.0 Å². The van der Waals surface area contributed by atoms with Crippen LogP contribution in [0.1, 0.15) is 33.6 Å². The van der Waals surface area contributed by atoms with Gasteiger partial charge in [-0.15, -0.1) is 0 Å². The number of amides is 1. The predicted molar refractivity (Wildman–Crippen MR) is 55.7 cm³/mol. The molecule has 15 heavy (non-hydrogen) atoms. The molecule has 0 radical (unpaired) electrons. The van der Waals surface area contributed by atoms with Crippen molar-refractivity contribution in [3.05, 3.63) is 0 Å². The van der Waals surface area contributed by atoms with Gasteiger partial charge in [0.15, 0.2) is 0 Å².